The van der Waals surface area contributed by atoms with Crippen molar-refractivity contribution in [1.82, 2.24) is 9.55 Å². The number of carbonyl (C=O) groups is 2. The first-order valence-corrected chi connectivity index (χ1v) is 11.4. The van der Waals surface area contributed by atoms with Crippen LogP contribution in [-0.2, 0) is 16.8 Å². The minimum absolute atomic E-state index is 0.314. The number of rotatable bonds is 6. The molecule has 4 N–H and O–H groups in total. The molecule has 5 rings (SSSR count). The minimum Gasteiger partial charge on any atom is -0.369 e. The van der Waals surface area contributed by atoms with Crippen molar-refractivity contribution in [2.75, 3.05) is 10.6 Å². The molecule has 2 heterocycles. The van der Waals surface area contributed by atoms with E-state index in [-0.39, 0.29) is 11.9 Å². The van der Waals surface area contributed by atoms with Crippen molar-refractivity contribution >= 4 is 45.8 Å². The first kappa shape index (κ1) is 22.0. The molecule has 1 aliphatic carbocycles. The van der Waals surface area contributed by atoms with Crippen LogP contribution in [0.5, 0.6) is 0 Å². The zero-order valence-corrected chi connectivity index (χ0v) is 19.4. The number of pyridine rings is 1. The number of hydrogen-bond acceptors (Lipinski definition) is 3. The number of nitrogens with zero attached hydrogens (tertiary/aromatic N) is 2. The molecule has 1 saturated carbocycles. The highest BCUT2D eigenvalue weighted by atomic mass is 35.5. The van der Waals surface area contributed by atoms with Gasteiger partial charge in [0.2, 0.25) is 5.91 Å². The van der Waals surface area contributed by atoms with Crippen LogP contribution in [0.25, 0.3) is 10.9 Å². The van der Waals surface area contributed by atoms with E-state index in [0.29, 0.717) is 22.9 Å². The Morgan fingerprint density at radius 3 is 2.68 bits per heavy atom. The largest absolute Gasteiger partial charge is 0.369 e. The molecule has 1 aliphatic rings. The molecule has 0 radical (unpaired) electrons. The van der Waals surface area contributed by atoms with Gasteiger partial charge in [0.15, 0.2) is 0 Å². The van der Waals surface area contributed by atoms with Crippen molar-refractivity contribution in [1.29, 1.82) is 0 Å². The van der Waals surface area contributed by atoms with E-state index in [1.54, 1.807) is 12.3 Å². The summed E-state index contributed by atoms with van der Waals surface area (Å²) in [5.41, 5.74) is 10.0. The molecule has 1 fully saturated rings. The van der Waals surface area contributed by atoms with E-state index in [1.807, 2.05) is 61.7 Å². The van der Waals surface area contributed by atoms with E-state index < -0.39 is 5.41 Å². The van der Waals surface area contributed by atoms with Crippen molar-refractivity contribution < 1.29 is 9.59 Å². The van der Waals surface area contributed by atoms with Gasteiger partial charge in [0.1, 0.15) is 0 Å². The van der Waals surface area contributed by atoms with E-state index in [4.69, 9.17) is 17.3 Å². The van der Waals surface area contributed by atoms with Gasteiger partial charge in [-0.3, -0.25) is 9.78 Å². The van der Waals surface area contributed by atoms with Crippen LogP contribution >= 0.6 is 11.6 Å². The SMILES string of the molecule is Cc1ccc(NC(=O)Nc2cccc3c2ccn3Cc2ccnc(C3(C(N)=O)CC3)c2)cc1Cl. The maximum Gasteiger partial charge on any atom is 0.323 e. The summed E-state index contributed by atoms with van der Waals surface area (Å²) in [5, 5.41) is 7.26. The van der Waals surface area contributed by atoms with Crippen molar-refractivity contribution in [3.05, 3.63) is 88.8 Å². The van der Waals surface area contributed by atoms with Crippen molar-refractivity contribution in [3.63, 3.8) is 0 Å². The van der Waals surface area contributed by atoms with E-state index in [0.717, 1.165) is 40.6 Å². The van der Waals surface area contributed by atoms with Gasteiger partial charge in [-0.05, 0) is 73.4 Å². The fourth-order valence-electron chi connectivity index (χ4n) is 4.21. The van der Waals surface area contributed by atoms with Gasteiger partial charge in [0, 0.05) is 35.0 Å². The molecule has 0 saturated heterocycles. The summed E-state index contributed by atoms with van der Waals surface area (Å²) in [6, 6.07) is 16.7. The molecule has 0 unspecified atom stereocenters. The molecule has 2 aromatic heterocycles. The number of anilines is 2. The second kappa shape index (κ2) is 8.50. The lowest BCUT2D eigenvalue weighted by molar-refractivity contribution is -0.120. The van der Waals surface area contributed by atoms with Gasteiger partial charge < -0.3 is 20.9 Å². The van der Waals surface area contributed by atoms with Crippen LogP contribution in [0, 0.1) is 6.92 Å². The third-order valence-electron chi connectivity index (χ3n) is 6.38. The van der Waals surface area contributed by atoms with Crippen molar-refractivity contribution in [2.24, 2.45) is 5.73 Å². The molecular formula is C26H24ClN5O2. The number of amides is 3. The standard InChI is InChI=1S/C26H24ClN5O2/c1-16-5-6-18(14-20(16)27)30-25(34)31-21-3-2-4-22-19(21)8-12-32(22)15-17-7-11-29-23(13-17)26(9-10-26)24(28)33/h2-8,11-14H,9-10,15H2,1H3,(H2,28,33)(H2,30,31,34). The maximum atomic E-state index is 12.6. The fourth-order valence-corrected chi connectivity index (χ4v) is 4.39. The summed E-state index contributed by atoms with van der Waals surface area (Å²) in [6.45, 7) is 2.51. The average Bonchev–Trinajstić information content (AvgIpc) is 3.54. The molecule has 0 aliphatic heterocycles. The Kier molecular flexibility index (Phi) is 5.49. The molecule has 172 valence electrons. The Hall–Kier alpha value is -3.84. The first-order chi connectivity index (χ1) is 16.4. The number of benzene rings is 2. The van der Waals surface area contributed by atoms with E-state index in [1.165, 1.54) is 0 Å². The Morgan fingerprint density at radius 1 is 1.12 bits per heavy atom. The second-order valence-corrected chi connectivity index (χ2v) is 9.13. The van der Waals surface area contributed by atoms with E-state index in [9.17, 15) is 9.59 Å². The molecule has 0 bridgehead atoms. The minimum atomic E-state index is -0.610. The first-order valence-electron chi connectivity index (χ1n) is 11.0. The molecule has 8 heteroatoms. The number of aryl methyl sites for hydroxylation is 1. The van der Waals surface area contributed by atoms with Crippen LogP contribution in [-0.4, -0.2) is 21.5 Å². The number of primary amides is 1. The average molecular weight is 474 g/mol. The van der Waals surface area contributed by atoms with Crippen LogP contribution < -0.4 is 16.4 Å². The number of fused-ring (bicyclic) bond motifs is 1. The zero-order valence-electron chi connectivity index (χ0n) is 18.6. The van der Waals surface area contributed by atoms with Gasteiger partial charge in [-0.25, -0.2) is 4.79 Å². The van der Waals surface area contributed by atoms with Gasteiger partial charge in [-0.15, -0.1) is 0 Å². The number of urea groups is 1. The van der Waals surface area contributed by atoms with E-state index >= 15 is 0 Å². The molecule has 2 aromatic carbocycles. The Balaban J connectivity index is 1.35. The summed E-state index contributed by atoms with van der Waals surface area (Å²) in [4.78, 5) is 28.9. The van der Waals surface area contributed by atoms with Gasteiger partial charge in [-0.1, -0.05) is 23.7 Å². The lowest BCUT2D eigenvalue weighted by Crippen LogP contribution is -2.29. The molecule has 4 aromatic rings. The van der Waals surface area contributed by atoms with Crippen molar-refractivity contribution in [2.45, 2.75) is 31.7 Å². The predicted octanol–water partition coefficient (Wildman–Crippen LogP) is 5.21. The number of halogens is 1. The van der Waals surface area contributed by atoms with Gasteiger partial charge >= 0.3 is 6.03 Å². The summed E-state index contributed by atoms with van der Waals surface area (Å²) >= 11 is 6.16. The third kappa shape index (κ3) is 4.10. The molecular weight excluding hydrogens is 450 g/mol. The van der Waals surface area contributed by atoms with Crippen LogP contribution in [0.3, 0.4) is 0 Å². The smallest absolute Gasteiger partial charge is 0.323 e. The normalized spacial score (nSPS) is 14.1. The van der Waals surface area contributed by atoms with E-state index in [2.05, 4.69) is 20.2 Å². The Morgan fingerprint density at radius 2 is 1.94 bits per heavy atom. The predicted molar refractivity (Wildman–Crippen MR) is 134 cm³/mol. The lowest BCUT2D eigenvalue weighted by atomic mass is 9.99. The quantitative estimate of drug-likeness (QED) is 0.358. The fraction of sp³-hybridized carbons (Fsp3) is 0.192. The summed E-state index contributed by atoms with van der Waals surface area (Å²) in [7, 11) is 0. The number of aromatic nitrogens is 2. The molecule has 3 amide bonds. The monoisotopic (exact) mass is 473 g/mol. The number of hydrogen-bond donors (Lipinski definition) is 3. The summed E-state index contributed by atoms with van der Waals surface area (Å²) in [6.07, 6.45) is 5.21. The number of carbonyl (C=O) groups excluding carboxylic acids is 2. The summed E-state index contributed by atoms with van der Waals surface area (Å²) < 4.78 is 2.10. The lowest BCUT2D eigenvalue weighted by Gasteiger charge is -2.13. The molecule has 0 atom stereocenters. The topological polar surface area (TPSA) is 102 Å². The molecule has 34 heavy (non-hydrogen) atoms. The van der Waals surface area contributed by atoms with Crippen LogP contribution in [0.4, 0.5) is 16.2 Å². The highest BCUT2D eigenvalue weighted by Crippen LogP contribution is 2.47. The number of nitrogens with one attached hydrogen (secondary N) is 2. The molecule has 7 nitrogen and oxygen atoms in total. The number of nitrogens with two attached hydrogens (primary N) is 1. The zero-order chi connectivity index (χ0) is 23.9. The highest BCUT2D eigenvalue weighted by Gasteiger charge is 2.51. The highest BCUT2D eigenvalue weighted by molar-refractivity contribution is 6.31. The van der Waals surface area contributed by atoms with Crippen LogP contribution in [0.1, 0.15) is 29.7 Å². The molecule has 0 spiro atoms. The van der Waals surface area contributed by atoms with Crippen LogP contribution in [0.2, 0.25) is 5.02 Å². The van der Waals surface area contributed by atoms with Crippen molar-refractivity contribution in [3.8, 4) is 0 Å². The van der Waals surface area contributed by atoms with Gasteiger partial charge in [0.25, 0.3) is 0 Å². The van der Waals surface area contributed by atoms with Gasteiger partial charge in [0.05, 0.1) is 22.3 Å². The van der Waals surface area contributed by atoms with Gasteiger partial charge in [-0.2, -0.15) is 0 Å². The summed E-state index contributed by atoms with van der Waals surface area (Å²) in [5.74, 6) is -0.314. The third-order valence-corrected chi connectivity index (χ3v) is 6.79. The Labute approximate surface area is 201 Å². The Bertz CT molecular complexity index is 1420. The van der Waals surface area contributed by atoms with Crippen LogP contribution in [0.15, 0.2) is 67.0 Å². The second-order valence-electron chi connectivity index (χ2n) is 8.72. The maximum absolute atomic E-state index is 12.6.